The molecule has 1 atom stereocenters. The Hall–Kier alpha value is -2.32. The van der Waals surface area contributed by atoms with Crippen molar-refractivity contribution < 1.29 is 14.6 Å². The standard InChI is InChI=1S/C19H25N3O4S/c1-11-6-8-22(9-7-11)16(15-17(23)20-19(27)21-18(15)24)13-10-12(25-2)4-5-14(13)26-3/h4-5,10-11,16H,6-9H2,1-3H3,(H3,20,21,23,24,27)/t16-/m1/s1. The molecule has 1 fully saturated rings. The molecule has 0 radical (unpaired) electrons. The van der Waals surface area contributed by atoms with E-state index in [0.717, 1.165) is 31.5 Å². The fourth-order valence-electron chi connectivity index (χ4n) is 3.61. The number of aromatic amines is 2. The average molecular weight is 391 g/mol. The molecule has 0 amide bonds. The van der Waals surface area contributed by atoms with Crippen molar-refractivity contribution in [3.8, 4) is 17.4 Å². The highest BCUT2D eigenvalue weighted by molar-refractivity contribution is 7.71. The van der Waals surface area contributed by atoms with Crippen LogP contribution in [0.2, 0.25) is 0 Å². The third-order valence-electron chi connectivity index (χ3n) is 5.15. The van der Waals surface area contributed by atoms with Gasteiger partial charge < -0.3 is 19.6 Å². The smallest absolute Gasteiger partial charge is 0.260 e. The molecule has 1 aromatic carbocycles. The normalized spacial score (nSPS) is 16.9. The highest BCUT2D eigenvalue weighted by Crippen LogP contribution is 2.39. The highest BCUT2D eigenvalue weighted by atomic mass is 32.1. The summed E-state index contributed by atoms with van der Waals surface area (Å²) in [7, 11) is 3.18. The van der Waals surface area contributed by atoms with Crippen LogP contribution in [-0.4, -0.2) is 47.3 Å². The van der Waals surface area contributed by atoms with E-state index >= 15 is 0 Å². The van der Waals surface area contributed by atoms with Crippen LogP contribution < -0.4 is 15.0 Å². The van der Waals surface area contributed by atoms with E-state index in [4.69, 9.17) is 21.7 Å². The van der Waals surface area contributed by atoms with E-state index < -0.39 is 11.6 Å². The van der Waals surface area contributed by atoms with Crippen LogP contribution in [0.3, 0.4) is 0 Å². The average Bonchev–Trinajstić information content (AvgIpc) is 2.65. The van der Waals surface area contributed by atoms with Crippen LogP contribution >= 0.6 is 12.2 Å². The molecule has 2 aromatic rings. The Bertz CT molecular complexity index is 916. The zero-order valence-corrected chi connectivity index (χ0v) is 16.6. The first kappa shape index (κ1) is 19.4. The summed E-state index contributed by atoms with van der Waals surface area (Å²) >= 11 is 4.98. The number of benzene rings is 1. The summed E-state index contributed by atoms with van der Waals surface area (Å²) in [6.07, 6.45) is 2.04. The van der Waals surface area contributed by atoms with E-state index in [-0.39, 0.29) is 16.2 Å². The van der Waals surface area contributed by atoms with Crippen molar-refractivity contribution in [2.75, 3.05) is 27.3 Å². The Morgan fingerprint density at radius 2 is 1.93 bits per heavy atom. The van der Waals surface area contributed by atoms with Gasteiger partial charge in [0.05, 0.1) is 25.8 Å². The molecule has 0 bridgehead atoms. The van der Waals surface area contributed by atoms with Gasteiger partial charge in [-0.1, -0.05) is 6.92 Å². The summed E-state index contributed by atoms with van der Waals surface area (Å²) in [6.45, 7) is 3.84. The van der Waals surface area contributed by atoms with Crippen molar-refractivity contribution in [2.45, 2.75) is 25.8 Å². The molecule has 27 heavy (non-hydrogen) atoms. The summed E-state index contributed by atoms with van der Waals surface area (Å²) < 4.78 is 11.0. The van der Waals surface area contributed by atoms with Crippen LogP contribution in [-0.2, 0) is 0 Å². The van der Waals surface area contributed by atoms with Crippen molar-refractivity contribution in [3.63, 3.8) is 0 Å². The van der Waals surface area contributed by atoms with Crippen LogP contribution in [0.15, 0.2) is 23.0 Å². The van der Waals surface area contributed by atoms with Gasteiger partial charge in [0, 0.05) is 5.56 Å². The summed E-state index contributed by atoms with van der Waals surface area (Å²) in [5.41, 5.74) is 0.576. The van der Waals surface area contributed by atoms with Crippen molar-refractivity contribution >= 4 is 12.2 Å². The fourth-order valence-corrected chi connectivity index (χ4v) is 3.80. The van der Waals surface area contributed by atoms with Crippen molar-refractivity contribution in [1.82, 2.24) is 14.9 Å². The van der Waals surface area contributed by atoms with Gasteiger partial charge in [0.2, 0.25) is 5.88 Å². The van der Waals surface area contributed by atoms with Gasteiger partial charge in [0.1, 0.15) is 11.5 Å². The van der Waals surface area contributed by atoms with Gasteiger partial charge in [0.15, 0.2) is 4.77 Å². The quantitative estimate of drug-likeness (QED) is 0.679. The van der Waals surface area contributed by atoms with Gasteiger partial charge in [-0.15, -0.1) is 0 Å². The molecule has 2 heterocycles. The monoisotopic (exact) mass is 391 g/mol. The highest BCUT2D eigenvalue weighted by Gasteiger charge is 2.32. The maximum absolute atomic E-state index is 12.7. The number of nitrogens with one attached hydrogen (secondary N) is 2. The number of aromatic hydroxyl groups is 1. The number of piperidine rings is 1. The number of methoxy groups -OCH3 is 2. The van der Waals surface area contributed by atoms with Crippen LogP contribution in [0, 0.1) is 10.7 Å². The molecule has 1 aromatic heterocycles. The number of hydrogen-bond acceptors (Lipinski definition) is 6. The summed E-state index contributed by atoms with van der Waals surface area (Å²) in [5, 5.41) is 10.5. The Kier molecular flexibility index (Phi) is 5.86. The Morgan fingerprint density at radius 3 is 2.52 bits per heavy atom. The lowest BCUT2D eigenvalue weighted by molar-refractivity contribution is 0.152. The molecule has 1 saturated heterocycles. The number of H-pyrrole nitrogens is 2. The van der Waals surface area contributed by atoms with Crippen LogP contribution in [0.1, 0.15) is 36.9 Å². The Balaban J connectivity index is 2.20. The first-order chi connectivity index (χ1) is 12.9. The lowest BCUT2D eigenvalue weighted by Crippen LogP contribution is -2.39. The van der Waals surface area contributed by atoms with E-state index in [1.165, 1.54) is 0 Å². The Morgan fingerprint density at radius 1 is 1.22 bits per heavy atom. The van der Waals surface area contributed by atoms with Crippen molar-refractivity contribution in [1.29, 1.82) is 0 Å². The summed E-state index contributed by atoms with van der Waals surface area (Å²) in [6, 6.07) is 4.98. The number of nitrogens with zero attached hydrogens (tertiary/aromatic N) is 1. The molecule has 1 aliphatic rings. The predicted molar refractivity (Wildman–Crippen MR) is 105 cm³/mol. The minimum Gasteiger partial charge on any atom is -0.497 e. The molecule has 0 spiro atoms. The Labute approximate surface area is 163 Å². The van der Waals surface area contributed by atoms with E-state index in [9.17, 15) is 9.90 Å². The van der Waals surface area contributed by atoms with Crippen LogP contribution in [0.25, 0.3) is 0 Å². The fraction of sp³-hybridized carbons (Fsp3) is 0.474. The lowest BCUT2D eigenvalue weighted by atomic mass is 9.92. The van der Waals surface area contributed by atoms with Gasteiger partial charge in [-0.3, -0.25) is 14.7 Å². The number of rotatable bonds is 5. The number of aromatic nitrogens is 2. The van der Waals surface area contributed by atoms with Gasteiger partial charge >= 0.3 is 0 Å². The number of hydrogen-bond donors (Lipinski definition) is 3. The van der Waals surface area contributed by atoms with Gasteiger partial charge in [0.25, 0.3) is 5.56 Å². The zero-order chi connectivity index (χ0) is 19.6. The molecule has 3 N–H and O–H groups in total. The topological polar surface area (TPSA) is 90.6 Å². The minimum absolute atomic E-state index is 0.0878. The maximum Gasteiger partial charge on any atom is 0.260 e. The predicted octanol–water partition coefficient (Wildman–Crippen LogP) is 2.98. The molecule has 8 heteroatoms. The second-order valence-corrected chi connectivity index (χ2v) is 7.31. The van der Waals surface area contributed by atoms with Crippen molar-refractivity contribution in [3.05, 3.63) is 44.5 Å². The lowest BCUT2D eigenvalue weighted by Gasteiger charge is -2.37. The van der Waals surface area contributed by atoms with E-state index in [0.29, 0.717) is 17.4 Å². The van der Waals surface area contributed by atoms with Crippen LogP contribution in [0.5, 0.6) is 17.4 Å². The van der Waals surface area contributed by atoms with Crippen LogP contribution in [0.4, 0.5) is 0 Å². The summed E-state index contributed by atoms with van der Waals surface area (Å²) in [5.74, 6) is 1.68. The first-order valence-electron chi connectivity index (χ1n) is 8.96. The number of ether oxygens (including phenoxy) is 2. The zero-order valence-electron chi connectivity index (χ0n) is 15.7. The molecule has 1 aliphatic heterocycles. The second-order valence-electron chi connectivity index (χ2n) is 6.90. The largest absolute Gasteiger partial charge is 0.497 e. The molecule has 0 saturated carbocycles. The SMILES string of the molecule is COc1ccc(OC)c([C@H](c2c(O)[nH]c(=S)[nH]c2=O)N2CCC(C)CC2)c1. The third-order valence-corrected chi connectivity index (χ3v) is 5.35. The number of likely N-dealkylation sites (tertiary alicyclic amines) is 1. The van der Waals surface area contributed by atoms with Gasteiger partial charge in [-0.25, -0.2) is 0 Å². The van der Waals surface area contributed by atoms with Gasteiger partial charge in [-0.2, -0.15) is 0 Å². The summed E-state index contributed by atoms with van der Waals surface area (Å²) in [4.78, 5) is 20.2. The molecule has 3 rings (SSSR count). The third kappa shape index (κ3) is 4.01. The molecule has 146 valence electrons. The maximum atomic E-state index is 12.7. The molecule has 7 nitrogen and oxygen atoms in total. The molecule has 0 unspecified atom stereocenters. The van der Waals surface area contributed by atoms with E-state index in [2.05, 4.69) is 21.8 Å². The van der Waals surface area contributed by atoms with Crippen molar-refractivity contribution in [2.24, 2.45) is 5.92 Å². The van der Waals surface area contributed by atoms with E-state index in [1.807, 2.05) is 12.1 Å². The van der Waals surface area contributed by atoms with Gasteiger partial charge in [-0.05, 0) is 62.3 Å². The molecular formula is C19H25N3O4S. The van der Waals surface area contributed by atoms with E-state index in [1.54, 1.807) is 20.3 Å². The molecule has 0 aliphatic carbocycles. The minimum atomic E-state index is -0.488. The molecular weight excluding hydrogens is 366 g/mol. The second kappa shape index (κ2) is 8.14. The first-order valence-corrected chi connectivity index (χ1v) is 9.36.